The molecule has 0 aliphatic carbocycles. The van der Waals surface area contributed by atoms with Crippen LogP contribution in [-0.4, -0.2) is 48.3 Å². The lowest BCUT2D eigenvalue weighted by atomic mass is 10.5. The molecular weight excluding hydrogens is 514 g/mol. The third-order valence-corrected chi connectivity index (χ3v) is 8.03. The first-order chi connectivity index (χ1) is 15.4. The van der Waals surface area contributed by atoms with Gasteiger partial charge >= 0.3 is 16.1 Å². The summed E-state index contributed by atoms with van der Waals surface area (Å²) in [6.45, 7) is 16.9. The van der Waals surface area contributed by atoms with Crippen LogP contribution < -0.4 is 5.90 Å². The van der Waals surface area contributed by atoms with E-state index in [0.717, 1.165) is 12.5 Å². The predicted molar refractivity (Wildman–Crippen MR) is 134 cm³/mol. The van der Waals surface area contributed by atoms with E-state index in [2.05, 4.69) is 55.6 Å². The highest BCUT2D eigenvalue weighted by Crippen LogP contribution is 2.41. The van der Waals surface area contributed by atoms with Crippen LogP contribution in [0.15, 0.2) is 45.6 Å². The van der Waals surface area contributed by atoms with Gasteiger partial charge in [-0.25, -0.2) is 5.90 Å². The Kier molecular flexibility index (Phi) is 34.2. The maximum atomic E-state index is 10.4. The van der Waals surface area contributed by atoms with E-state index >= 15 is 0 Å². The number of rotatable bonds is 18. The number of hydrogen-bond acceptors (Lipinski definition) is 12. The molecule has 0 saturated carbocycles. The lowest BCUT2D eigenvalue weighted by molar-refractivity contribution is 0.123. The lowest BCUT2D eigenvalue weighted by Gasteiger charge is -2.25. The molecule has 17 heteroatoms. The summed E-state index contributed by atoms with van der Waals surface area (Å²) in [5, 5.41) is 6.72. The zero-order chi connectivity index (χ0) is 24.9. The molecule has 186 valence electrons. The summed E-state index contributed by atoms with van der Waals surface area (Å²) in [7, 11) is -3.33. The minimum absolute atomic E-state index is 0.00820. The average molecular weight is 550 g/mol. The second-order valence-electron chi connectivity index (χ2n) is 5.30. The molecule has 12 nitrogen and oxygen atoms in total. The van der Waals surface area contributed by atoms with Gasteiger partial charge in [0.25, 0.3) is 8.42 Å². The Balaban J connectivity index is -0.000000471. The van der Waals surface area contributed by atoms with Gasteiger partial charge in [-0.15, -0.1) is 11.5 Å². The summed E-state index contributed by atoms with van der Waals surface area (Å²) >= 11 is 0. The van der Waals surface area contributed by atoms with Gasteiger partial charge in [-0.3, -0.25) is 4.57 Å². The second kappa shape index (κ2) is 30.4. The summed E-state index contributed by atoms with van der Waals surface area (Å²) < 4.78 is 31.8. The Morgan fingerprint density at radius 2 is 1.69 bits per heavy atom. The molecule has 32 heavy (non-hydrogen) atoms. The highest BCUT2D eigenvalue weighted by atomic mass is 32.0. The van der Waals surface area contributed by atoms with Crippen molar-refractivity contribution in [2.75, 3.05) is 39.7 Å². The highest BCUT2D eigenvalue weighted by molar-refractivity contribution is 8.14. The van der Waals surface area contributed by atoms with Gasteiger partial charge in [0.1, 0.15) is 28.3 Å². The molecule has 0 rings (SSSR count). The molecule has 0 aromatic rings. The topological polar surface area (TPSA) is 156 Å². The Bertz CT molecular complexity index is 530. The fourth-order valence-electron chi connectivity index (χ4n) is 1.62. The van der Waals surface area contributed by atoms with Crippen molar-refractivity contribution in [2.24, 2.45) is 26.2 Å². The van der Waals surface area contributed by atoms with Crippen LogP contribution in [0.25, 0.3) is 0 Å². The Morgan fingerprint density at radius 1 is 1.09 bits per heavy atom. The van der Waals surface area contributed by atoms with E-state index in [1.807, 2.05) is 13.8 Å². The van der Waals surface area contributed by atoms with Gasteiger partial charge in [0.05, 0.1) is 6.61 Å². The molecule has 0 aromatic heterocycles. The third kappa shape index (κ3) is 34.0. The van der Waals surface area contributed by atoms with Crippen molar-refractivity contribution in [1.29, 1.82) is 0 Å². The van der Waals surface area contributed by atoms with Crippen LogP contribution in [0.4, 0.5) is 0 Å². The van der Waals surface area contributed by atoms with Crippen molar-refractivity contribution in [2.45, 2.75) is 32.9 Å². The van der Waals surface area contributed by atoms with E-state index < -0.39 is 16.1 Å². The summed E-state index contributed by atoms with van der Waals surface area (Å²) in [6.07, 6.45) is 3.97. The molecule has 3 unspecified atom stereocenters. The normalized spacial score (nSPS) is 12.1. The van der Waals surface area contributed by atoms with Crippen LogP contribution in [0.2, 0.25) is 12.6 Å². The molecular formula is C15H36N5O7P4Si+. The molecule has 0 radical (unpaired) electrons. The van der Waals surface area contributed by atoms with Gasteiger partial charge in [-0.2, -0.15) is 0 Å². The van der Waals surface area contributed by atoms with E-state index in [4.69, 9.17) is 13.7 Å². The van der Waals surface area contributed by atoms with Crippen LogP contribution in [0.3, 0.4) is 0 Å². The van der Waals surface area contributed by atoms with Gasteiger partial charge in [-0.1, -0.05) is 28.2 Å². The molecule has 0 aromatic carbocycles. The van der Waals surface area contributed by atoms with E-state index in [1.54, 1.807) is 18.8 Å². The van der Waals surface area contributed by atoms with Crippen LogP contribution in [0, 0.1) is 0 Å². The van der Waals surface area contributed by atoms with Gasteiger partial charge in [0, 0.05) is 23.8 Å². The van der Waals surface area contributed by atoms with Gasteiger partial charge in [-0.05, 0) is 32.9 Å². The van der Waals surface area contributed by atoms with E-state index in [0.29, 0.717) is 33.0 Å². The Hall–Kier alpha value is -0.603. The van der Waals surface area contributed by atoms with Gasteiger partial charge < -0.3 is 23.4 Å². The average Bonchev–Trinajstić information content (AvgIpc) is 2.75. The number of nitrogens with zero attached hydrogens (tertiary/aromatic N) is 4. The van der Waals surface area contributed by atoms with Crippen LogP contribution in [-0.2, 0) is 32.5 Å². The first kappa shape index (κ1) is 36.0. The van der Waals surface area contributed by atoms with Gasteiger partial charge in [0.15, 0.2) is 0 Å². The van der Waals surface area contributed by atoms with Crippen molar-refractivity contribution in [1.82, 2.24) is 0 Å². The van der Waals surface area contributed by atoms with Crippen LogP contribution in [0.5, 0.6) is 0 Å². The lowest BCUT2D eigenvalue weighted by Crippen LogP contribution is -2.38. The highest BCUT2D eigenvalue weighted by Gasteiger charge is 2.29. The van der Waals surface area contributed by atoms with Crippen molar-refractivity contribution in [3.63, 3.8) is 0 Å². The summed E-state index contributed by atoms with van der Waals surface area (Å²) in [5.74, 6) is 4.57. The second-order valence-corrected chi connectivity index (χ2v) is 14.3. The van der Waals surface area contributed by atoms with Crippen molar-refractivity contribution >= 4 is 41.0 Å². The maximum absolute atomic E-state index is 10.4. The monoisotopic (exact) mass is 550 g/mol. The number of nitrogens with two attached hydrogens (primary N) is 1. The first-order valence-electron chi connectivity index (χ1n) is 9.46. The molecule has 0 bridgehead atoms. The SMILES string of the molecule is C=CCON.C=CCON=NP[P+](C)=O.CCO[Si](C)(CCCON=NPP=O)OCC. The first-order valence-corrected chi connectivity index (χ1v) is 18.1. The van der Waals surface area contributed by atoms with Crippen molar-refractivity contribution < 1.29 is 32.5 Å². The Labute approximate surface area is 197 Å². The smallest absolute Gasteiger partial charge is 0.375 e. The van der Waals surface area contributed by atoms with E-state index in [-0.39, 0.29) is 25.0 Å². The molecule has 0 heterocycles. The molecule has 0 saturated heterocycles. The fourth-order valence-corrected chi connectivity index (χ4v) is 5.06. The molecule has 0 aliphatic heterocycles. The predicted octanol–water partition coefficient (Wildman–Crippen LogP) is 6.29. The fraction of sp³-hybridized carbons (Fsp3) is 0.733. The van der Waals surface area contributed by atoms with Crippen molar-refractivity contribution in [3.8, 4) is 0 Å². The molecule has 0 spiro atoms. The van der Waals surface area contributed by atoms with Gasteiger partial charge in [0.2, 0.25) is 8.15 Å². The minimum atomic E-state index is -2.03. The standard InChI is InChI=1S/C8H20N2O4P2Si.C4H9N2O2P2.C3H7NO/c1-4-13-17(3,14-5-2)8-6-7-12-9-10-15-16-11;1-3-4-8-5-6-9-10(2)7;1-2-3-5-4/h15H,4-8H2,1-3H3;3,9H,1,4H2,2H3;2H,1,3-4H2/q;+1;. The molecule has 0 amide bonds. The Morgan fingerprint density at radius 3 is 2.12 bits per heavy atom. The minimum Gasteiger partial charge on any atom is -0.395 e. The third-order valence-electron chi connectivity index (χ3n) is 2.64. The zero-order valence-corrected chi connectivity index (χ0v) is 23.9. The summed E-state index contributed by atoms with van der Waals surface area (Å²) in [5.41, 5.74) is 0. The van der Waals surface area contributed by atoms with Crippen LogP contribution >= 0.6 is 32.5 Å². The zero-order valence-electron chi connectivity index (χ0n) is 19.1. The quantitative estimate of drug-likeness (QED) is 0.0521. The van der Waals surface area contributed by atoms with E-state index in [9.17, 15) is 9.13 Å². The van der Waals surface area contributed by atoms with Crippen molar-refractivity contribution in [3.05, 3.63) is 25.3 Å². The van der Waals surface area contributed by atoms with E-state index in [1.165, 1.54) is 0 Å². The number of hydrogen-bond donors (Lipinski definition) is 1. The summed E-state index contributed by atoms with van der Waals surface area (Å²) in [4.78, 5) is 20.6. The summed E-state index contributed by atoms with van der Waals surface area (Å²) in [6, 6.07) is 0.867. The van der Waals surface area contributed by atoms with Crippen LogP contribution in [0.1, 0.15) is 20.3 Å². The molecule has 2 N–H and O–H groups in total. The molecule has 3 atom stereocenters. The maximum Gasteiger partial charge on any atom is 0.375 e. The largest absolute Gasteiger partial charge is 0.395 e. The molecule has 0 aliphatic rings. The molecule has 0 fully saturated rings.